The number of aryl methyl sites for hydroxylation is 2. The van der Waals surface area contributed by atoms with Crippen molar-refractivity contribution in [3.05, 3.63) is 65.2 Å². The lowest BCUT2D eigenvalue weighted by molar-refractivity contribution is 0.102. The summed E-state index contributed by atoms with van der Waals surface area (Å²) in [6, 6.07) is 15.3. The zero-order valence-electron chi connectivity index (χ0n) is 12.0. The first-order valence-electron chi connectivity index (χ1n) is 6.60. The Kier molecular flexibility index (Phi) is 5.80. The predicted molar refractivity (Wildman–Crippen MR) is 81.7 cm³/mol. The second-order valence-electron chi connectivity index (χ2n) is 4.14. The Morgan fingerprint density at radius 2 is 1.47 bits per heavy atom. The SMILES string of the molecule is CC.Cc1ccc(NC(=O)c2ccccc2C)cc1. The Morgan fingerprint density at radius 3 is 2.05 bits per heavy atom. The smallest absolute Gasteiger partial charge is 0.255 e. The lowest BCUT2D eigenvalue weighted by atomic mass is 10.1. The van der Waals surface area contributed by atoms with Gasteiger partial charge in [-0.2, -0.15) is 0 Å². The highest BCUT2D eigenvalue weighted by Gasteiger charge is 2.07. The van der Waals surface area contributed by atoms with E-state index in [1.165, 1.54) is 5.56 Å². The quantitative estimate of drug-likeness (QED) is 0.836. The van der Waals surface area contributed by atoms with Crippen molar-refractivity contribution in [1.29, 1.82) is 0 Å². The Labute approximate surface area is 115 Å². The van der Waals surface area contributed by atoms with Crippen LogP contribution in [0.2, 0.25) is 0 Å². The van der Waals surface area contributed by atoms with Crippen LogP contribution in [0, 0.1) is 13.8 Å². The number of nitrogens with one attached hydrogen (secondary N) is 1. The molecule has 0 unspecified atom stereocenters. The molecule has 0 bridgehead atoms. The van der Waals surface area contributed by atoms with E-state index in [9.17, 15) is 4.79 Å². The highest BCUT2D eigenvalue weighted by atomic mass is 16.1. The summed E-state index contributed by atoms with van der Waals surface area (Å²) in [5.41, 5.74) is 3.70. The van der Waals surface area contributed by atoms with Gasteiger partial charge in [0, 0.05) is 11.3 Å². The summed E-state index contributed by atoms with van der Waals surface area (Å²) >= 11 is 0. The molecule has 2 heteroatoms. The van der Waals surface area contributed by atoms with E-state index in [0.29, 0.717) is 5.56 Å². The molecule has 0 aliphatic heterocycles. The Balaban J connectivity index is 0.000000861. The average molecular weight is 255 g/mol. The van der Waals surface area contributed by atoms with Gasteiger partial charge in [0.2, 0.25) is 0 Å². The molecule has 0 heterocycles. The molecule has 2 aromatic carbocycles. The van der Waals surface area contributed by atoms with Crippen molar-refractivity contribution >= 4 is 11.6 Å². The molecular formula is C17H21NO. The van der Waals surface area contributed by atoms with Gasteiger partial charge in [-0.3, -0.25) is 4.79 Å². The van der Waals surface area contributed by atoms with Crippen LogP contribution in [-0.2, 0) is 0 Å². The van der Waals surface area contributed by atoms with Gasteiger partial charge in [0.05, 0.1) is 0 Å². The lowest BCUT2D eigenvalue weighted by Gasteiger charge is -2.07. The van der Waals surface area contributed by atoms with Gasteiger partial charge in [-0.15, -0.1) is 0 Å². The molecule has 19 heavy (non-hydrogen) atoms. The molecule has 0 atom stereocenters. The summed E-state index contributed by atoms with van der Waals surface area (Å²) in [4.78, 5) is 12.0. The third kappa shape index (κ3) is 4.25. The van der Waals surface area contributed by atoms with Crippen LogP contribution in [0.15, 0.2) is 48.5 Å². The van der Waals surface area contributed by atoms with E-state index < -0.39 is 0 Å². The summed E-state index contributed by atoms with van der Waals surface area (Å²) in [6.45, 7) is 7.96. The molecule has 1 amide bonds. The van der Waals surface area contributed by atoms with E-state index in [-0.39, 0.29) is 5.91 Å². The van der Waals surface area contributed by atoms with Crippen molar-refractivity contribution in [2.75, 3.05) is 5.32 Å². The summed E-state index contributed by atoms with van der Waals surface area (Å²) in [7, 11) is 0. The van der Waals surface area contributed by atoms with Gasteiger partial charge in [-0.05, 0) is 37.6 Å². The Morgan fingerprint density at radius 1 is 0.895 bits per heavy atom. The topological polar surface area (TPSA) is 29.1 Å². The largest absolute Gasteiger partial charge is 0.322 e. The van der Waals surface area contributed by atoms with Crippen LogP contribution in [-0.4, -0.2) is 5.91 Å². The molecule has 0 aromatic heterocycles. The fourth-order valence-corrected chi connectivity index (χ4v) is 1.66. The van der Waals surface area contributed by atoms with E-state index >= 15 is 0 Å². The van der Waals surface area contributed by atoms with Crippen molar-refractivity contribution in [2.24, 2.45) is 0 Å². The van der Waals surface area contributed by atoms with Crippen molar-refractivity contribution < 1.29 is 4.79 Å². The minimum Gasteiger partial charge on any atom is -0.322 e. The van der Waals surface area contributed by atoms with E-state index in [1.54, 1.807) is 0 Å². The molecule has 2 nitrogen and oxygen atoms in total. The molecule has 0 saturated carbocycles. The molecule has 2 rings (SSSR count). The number of hydrogen-bond donors (Lipinski definition) is 1. The molecule has 0 radical (unpaired) electrons. The lowest BCUT2D eigenvalue weighted by Crippen LogP contribution is -2.13. The van der Waals surface area contributed by atoms with Crippen molar-refractivity contribution in [1.82, 2.24) is 0 Å². The van der Waals surface area contributed by atoms with Crippen molar-refractivity contribution in [3.63, 3.8) is 0 Å². The number of amides is 1. The van der Waals surface area contributed by atoms with Crippen LogP contribution in [0.25, 0.3) is 0 Å². The van der Waals surface area contributed by atoms with Gasteiger partial charge in [-0.1, -0.05) is 49.7 Å². The summed E-state index contributed by atoms with van der Waals surface area (Å²) < 4.78 is 0. The maximum absolute atomic E-state index is 12.0. The second kappa shape index (κ2) is 7.37. The average Bonchev–Trinajstić information content (AvgIpc) is 2.44. The Bertz CT molecular complexity index is 529. The fraction of sp³-hybridized carbons (Fsp3) is 0.235. The normalized spacial score (nSPS) is 9.26. The number of anilines is 1. The van der Waals surface area contributed by atoms with E-state index in [2.05, 4.69) is 5.32 Å². The third-order valence-corrected chi connectivity index (χ3v) is 2.70. The number of rotatable bonds is 2. The van der Waals surface area contributed by atoms with Crippen LogP contribution in [0.4, 0.5) is 5.69 Å². The minimum atomic E-state index is -0.0630. The van der Waals surface area contributed by atoms with Gasteiger partial charge >= 0.3 is 0 Å². The number of hydrogen-bond acceptors (Lipinski definition) is 1. The van der Waals surface area contributed by atoms with E-state index in [0.717, 1.165) is 11.3 Å². The van der Waals surface area contributed by atoms with Crippen LogP contribution in [0.5, 0.6) is 0 Å². The summed E-state index contributed by atoms with van der Waals surface area (Å²) in [5, 5.41) is 2.89. The zero-order valence-corrected chi connectivity index (χ0v) is 12.0. The number of carbonyl (C=O) groups is 1. The molecule has 0 aliphatic rings. The van der Waals surface area contributed by atoms with Gasteiger partial charge in [0.15, 0.2) is 0 Å². The first-order chi connectivity index (χ1) is 9.16. The summed E-state index contributed by atoms with van der Waals surface area (Å²) in [6.07, 6.45) is 0. The van der Waals surface area contributed by atoms with Crippen molar-refractivity contribution in [2.45, 2.75) is 27.7 Å². The highest BCUT2D eigenvalue weighted by molar-refractivity contribution is 6.05. The Hall–Kier alpha value is -2.09. The van der Waals surface area contributed by atoms with Crippen LogP contribution >= 0.6 is 0 Å². The van der Waals surface area contributed by atoms with Crippen molar-refractivity contribution in [3.8, 4) is 0 Å². The first kappa shape index (κ1) is 15.0. The molecule has 0 aliphatic carbocycles. The summed E-state index contributed by atoms with van der Waals surface area (Å²) in [5.74, 6) is -0.0630. The number of carbonyl (C=O) groups excluding carboxylic acids is 1. The van der Waals surface area contributed by atoms with Crippen LogP contribution < -0.4 is 5.32 Å². The van der Waals surface area contributed by atoms with Crippen LogP contribution in [0.3, 0.4) is 0 Å². The number of benzene rings is 2. The minimum absolute atomic E-state index is 0.0630. The van der Waals surface area contributed by atoms with E-state index in [4.69, 9.17) is 0 Å². The third-order valence-electron chi connectivity index (χ3n) is 2.70. The van der Waals surface area contributed by atoms with Gasteiger partial charge < -0.3 is 5.32 Å². The molecule has 2 aromatic rings. The van der Waals surface area contributed by atoms with Gasteiger partial charge in [-0.25, -0.2) is 0 Å². The molecule has 0 saturated heterocycles. The predicted octanol–water partition coefficient (Wildman–Crippen LogP) is 4.58. The zero-order chi connectivity index (χ0) is 14.3. The van der Waals surface area contributed by atoms with E-state index in [1.807, 2.05) is 76.2 Å². The molecule has 1 N–H and O–H groups in total. The maximum atomic E-state index is 12.0. The monoisotopic (exact) mass is 255 g/mol. The first-order valence-corrected chi connectivity index (χ1v) is 6.60. The second-order valence-corrected chi connectivity index (χ2v) is 4.14. The molecule has 100 valence electrons. The van der Waals surface area contributed by atoms with Crippen LogP contribution in [0.1, 0.15) is 35.3 Å². The molecular weight excluding hydrogens is 234 g/mol. The standard InChI is InChI=1S/C15H15NO.C2H6/c1-11-7-9-13(10-8-11)16-15(17)14-6-4-3-5-12(14)2;1-2/h3-10H,1-2H3,(H,16,17);1-2H3. The fourth-order valence-electron chi connectivity index (χ4n) is 1.66. The maximum Gasteiger partial charge on any atom is 0.255 e. The highest BCUT2D eigenvalue weighted by Crippen LogP contribution is 2.12. The van der Waals surface area contributed by atoms with Gasteiger partial charge in [0.1, 0.15) is 0 Å². The molecule has 0 spiro atoms. The molecule has 0 fully saturated rings. The van der Waals surface area contributed by atoms with Gasteiger partial charge in [0.25, 0.3) is 5.91 Å².